The summed E-state index contributed by atoms with van der Waals surface area (Å²) in [6.07, 6.45) is 3.46. The molecular weight excluding hydrogens is 388 g/mol. The number of nitrogens with two attached hydrogens (primary N) is 1. The van der Waals surface area contributed by atoms with Gasteiger partial charge in [0.15, 0.2) is 0 Å². The number of aromatic nitrogens is 4. The molecule has 1 aliphatic rings. The minimum Gasteiger partial charge on any atom is -0.424 e. The Morgan fingerprint density at radius 2 is 2.21 bits per heavy atom. The highest BCUT2D eigenvalue weighted by Gasteiger charge is 2.26. The summed E-state index contributed by atoms with van der Waals surface area (Å²) in [6.45, 7) is 3.61. The molecule has 0 bridgehead atoms. The second kappa shape index (κ2) is 7.17. The first-order chi connectivity index (χ1) is 14.1. The lowest BCUT2D eigenvalue weighted by atomic mass is 10.2. The number of hydrogen-bond donors (Lipinski definition) is 2. The Kier molecular flexibility index (Phi) is 4.49. The number of fused-ring (bicyclic) bond motifs is 2. The van der Waals surface area contributed by atoms with Gasteiger partial charge in [-0.25, -0.2) is 0 Å². The molecule has 0 saturated carbocycles. The van der Waals surface area contributed by atoms with Crippen molar-refractivity contribution in [2.45, 2.75) is 25.8 Å². The van der Waals surface area contributed by atoms with Crippen LogP contribution in [0.3, 0.4) is 0 Å². The van der Waals surface area contributed by atoms with Gasteiger partial charge in [0.1, 0.15) is 17.2 Å². The first-order valence-electron chi connectivity index (χ1n) is 9.73. The second-order valence-electron chi connectivity index (χ2n) is 7.28. The van der Waals surface area contributed by atoms with E-state index in [1.165, 1.54) is 0 Å². The average Bonchev–Trinajstić information content (AvgIpc) is 3.30. The first-order valence-corrected chi connectivity index (χ1v) is 10.1. The first kappa shape index (κ1) is 18.1. The van der Waals surface area contributed by atoms with Crippen molar-refractivity contribution in [2.75, 3.05) is 18.0 Å². The summed E-state index contributed by atoms with van der Waals surface area (Å²) in [5.74, 6) is 1.39. The molecule has 4 heterocycles. The van der Waals surface area contributed by atoms with Crippen LogP contribution in [-0.4, -0.2) is 39.1 Å². The van der Waals surface area contributed by atoms with E-state index in [2.05, 4.69) is 26.8 Å². The molecule has 4 aromatic rings. The molecule has 3 aromatic heterocycles. The van der Waals surface area contributed by atoms with Crippen molar-refractivity contribution in [3.63, 3.8) is 0 Å². The smallest absolute Gasteiger partial charge is 0.325 e. The molecule has 8 heteroatoms. The third kappa shape index (κ3) is 3.26. The SMILES string of the molecule is CCc1[nH]c2nc(Oc3ccc4cccnc4c3)nc(N3CC[C@@H](N)C3)c2c1Cl. The van der Waals surface area contributed by atoms with E-state index in [4.69, 9.17) is 27.1 Å². The number of benzene rings is 1. The summed E-state index contributed by atoms with van der Waals surface area (Å²) in [4.78, 5) is 19.1. The zero-order valence-electron chi connectivity index (χ0n) is 16.0. The molecule has 0 aliphatic carbocycles. The van der Waals surface area contributed by atoms with E-state index in [1.54, 1.807) is 6.20 Å². The van der Waals surface area contributed by atoms with Crippen molar-refractivity contribution in [1.29, 1.82) is 0 Å². The molecule has 1 aliphatic heterocycles. The van der Waals surface area contributed by atoms with Crippen molar-refractivity contribution in [3.8, 4) is 11.8 Å². The normalized spacial score (nSPS) is 16.8. The molecule has 0 unspecified atom stereocenters. The number of halogens is 1. The fraction of sp³-hybridized carbons (Fsp3) is 0.286. The topological polar surface area (TPSA) is 92.9 Å². The minimum absolute atomic E-state index is 0.124. The van der Waals surface area contributed by atoms with Crippen LogP contribution in [0.2, 0.25) is 5.02 Å². The molecule has 3 N–H and O–H groups in total. The molecule has 1 atom stereocenters. The maximum absolute atomic E-state index is 6.64. The molecule has 5 rings (SSSR count). The Labute approximate surface area is 172 Å². The number of nitrogens with zero attached hydrogens (tertiary/aromatic N) is 4. The number of rotatable bonds is 4. The van der Waals surface area contributed by atoms with Crippen LogP contribution in [0.5, 0.6) is 11.8 Å². The van der Waals surface area contributed by atoms with Gasteiger partial charge < -0.3 is 20.4 Å². The van der Waals surface area contributed by atoms with Gasteiger partial charge in [-0.15, -0.1) is 0 Å². The molecule has 7 nitrogen and oxygen atoms in total. The standard InChI is InChI=1S/C21H21ClN6O/c1-2-15-18(22)17-19(25-15)26-21(27-20(17)28-9-7-13(23)11-28)29-14-6-5-12-4-3-8-24-16(12)10-14/h3-6,8,10,13H,2,7,9,11,23H2,1H3,(H,25,26,27)/t13-/m1/s1. The zero-order valence-corrected chi connectivity index (χ0v) is 16.8. The van der Waals surface area contributed by atoms with Crippen LogP contribution in [0.15, 0.2) is 36.5 Å². The van der Waals surface area contributed by atoms with Gasteiger partial charge in [0, 0.05) is 42.5 Å². The van der Waals surface area contributed by atoms with E-state index >= 15 is 0 Å². The number of pyridine rings is 1. The lowest BCUT2D eigenvalue weighted by Gasteiger charge is -2.18. The van der Waals surface area contributed by atoms with Gasteiger partial charge in [-0.2, -0.15) is 9.97 Å². The van der Waals surface area contributed by atoms with E-state index < -0.39 is 0 Å². The maximum atomic E-state index is 6.64. The van der Waals surface area contributed by atoms with Crippen LogP contribution < -0.4 is 15.4 Å². The number of aryl methyl sites for hydroxylation is 1. The van der Waals surface area contributed by atoms with Crippen LogP contribution in [0.1, 0.15) is 19.0 Å². The lowest BCUT2D eigenvalue weighted by molar-refractivity contribution is 0.444. The highest BCUT2D eigenvalue weighted by molar-refractivity contribution is 6.37. The third-order valence-electron chi connectivity index (χ3n) is 5.29. The molecule has 0 spiro atoms. The highest BCUT2D eigenvalue weighted by atomic mass is 35.5. The summed E-state index contributed by atoms with van der Waals surface area (Å²) in [7, 11) is 0. The van der Waals surface area contributed by atoms with Crippen molar-refractivity contribution in [3.05, 3.63) is 47.2 Å². The number of aromatic amines is 1. The van der Waals surface area contributed by atoms with Gasteiger partial charge in [-0.1, -0.05) is 24.6 Å². The Balaban J connectivity index is 1.59. The number of hydrogen-bond acceptors (Lipinski definition) is 6. The average molecular weight is 409 g/mol. The Morgan fingerprint density at radius 1 is 1.31 bits per heavy atom. The Bertz CT molecular complexity index is 1210. The van der Waals surface area contributed by atoms with Crippen LogP contribution in [0.4, 0.5) is 5.82 Å². The summed E-state index contributed by atoms with van der Waals surface area (Å²) in [5, 5.41) is 2.54. The number of ether oxygens (including phenoxy) is 1. The van der Waals surface area contributed by atoms with E-state index in [9.17, 15) is 0 Å². The van der Waals surface area contributed by atoms with Gasteiger partial charge in [0.2, 0.25) is 0 Å². The zero-order chi connectivity index (χ0) is 20.0. The van der Waals surface area contributed by atoms with Crippen molar-refractivity contribution < 1.29 is 4.74 Å². The van der Waals surface area contributed by atoms with E-state index in [-0.39, 0.29) is 12.1 Å². The molecular formula is C21H21ClN6O. The number of nitrogens with one attached hydrogen (secondary N) is 1. The van der Waals surface area contributed by atoms with Crippen molar-refractivity contribution >= 4 is 39.4 Å². The van der Waals surface area contributed by atoms with Gasteiger partial charge in [-0.05, 0) is 31.0 Å². The molecule has 29 heavy (non-hydrogen) atoms. The predicted molar refractivity (Wildman–Crippen MR) is 115 cm³/mol. The number of H-pyrrole nitrogens is 1. The molecule has 1 saturated heterocycles. The third-order valence-corrected chi connectivity index (χ3v) is 5.70. The maximum Gasteiger partial charge on any atom is 0.325 e. The lowest BCUT2D eigenvalue weighted by Crippen LogP contribution is -2.27. The molecule has 0 radical (unpaired) electrons. The Morgan fingerprint density at radius 3 is 3.00 bits per heavy atom. The molecule has 148 valence electrons. The number of anilines is 1. The van der Waals surface area contributed by atoms with E-state index in [0.29, 0.717) is 16.4 Å². The van der Waals surface area contributed by atoms with Crippen LogP contribution in [0.25, 0.3) is 21.9 Å². The fourth-order valence-electron chi connectivity index (χ4n) is 3.78. The van der Waals surface area contributed by atoms with Crippen LogP contribution >= 0.6 is 11.6 Å². The fourth-order valence-corrected chi connectivity index (χ4v) is 4.14. The summed E-state index contributed by atoms with van der Waals surface area (Å²) >= 11 is 6.64. The highest BCUT2D eigenvalue weighted by Crippen LogP contribution is 2.37. The van der Waals surface area contributed by atoms with Crippen LogP contribution in [-0.2, 0) is 6.42 Å². The largest absolute Gasteiger partial charge is 0.424 e. The van der Waals surface area contributed by atoms with Gasteiger partial charge in [-0.3, -0.25) is 4.98 Å². The van der Waals surface area contributed by atoms with Gasteiger partial charge >= 0.3 is 6.01 Å². The summed E-state index contributed by atoms with van der Waals surface area (Å²) in [5.41, 5.74) is 8.59. The van der Waals surface area contributed by atoms with Crippen LogP contribution in [0, 0.1) is 0 Å². The summed E-state index contributed by atoms with van der Waals surface area (Å²) < 4.78 is 6.02. The van der Waals surface area contributed by atoms with Crippen molar-refractivity contribution in [2.24, 2.45) is 5.73 Å². The Hall–Kier alpha value is -2.90. The van der Waals surface area contributed by atoms with E-state index in [0.717, 1.165) is 53.7 Å². The monoisotopic (exact) mass is 408 g/mol. The molecule has 1 fully saturated rings. The van der Waals surface area contributed by atoms with E-state index in [1.807, 2.05) is 30.3 Å². The quantitative estimate of drug-likeness (QED) is 0.529. The molecule has 1 aromatic carbocycles. The predicted octanol–water partition coefficient (Wildman–Crippen LogP) is 4.05. The van der Waals surface area contributed by atoms with Gasteiger partial charge in [0.25, 0.3) is 0 Å². The van der Waals surface area contributed by atoms with Gasteiger partial charge in [0.05, 0.1) is 15.9 Å². The minimum atomic E-state index is 0.124. The second-order valence-corrected chi connectivity index (χ2v) is 7.66. The molecule has 0 amide bonds. The summed E-state index contributed by atoms with van der Waals surface area (Å²) in [6, 6.07) is 10.1. The van der Waals surface area contributed by atoms with Crippen molar-refractivity contribution in [1.82, 2.24) is 19.9 Å².